The number of methoxy groups -OCH3 is 1. The Morgan fingerprint density at radius 2 is 1.90 bits per heavy atom. The molecule has 2 aromatic carbocycles. The Morgan fingerprint density at radius 3 is 2.67 bits per heavy atom. The first-order valence-corrected chi connectivity index (χ1v) is 9.43. The summed E-state index contributed by atoms with van der Waals surface area (Å²) in [4.78, 5) is 14.3. The first-order chi connectivity index (χ1) is 14.5. The van der Waals surface area contributed by atoms with Crippen molar-refractivity contribution in [2.24, 2.45) is 0 Å². The van der Waals surface area contributed by atoms with Gasteiger partial charge in [0.1, 0.15) is 41.1 Å². The van der Waals surface area contributed by atoms with E-state index in [1.54, 1.807) is 36.4 Å². The molecule has 0 radical (unpaired) electrons. The Morgan fingerprint density at radius 1 is 1.13 bits per heavy atom. The maximum Gasteiger partial charge on any atom is 0.281 e. The minimum Gasteiger partial charge on any atom is -0.495 e. The molecule has 8 heteroatoms. The molecular weight excluding hydrogens is 407 g/mol. The quantitative estimate of drug-likeness (QED) is 0.471. The lowest BCUT2D eigenvalue weighted by atomic mass is 10.2. The third-order valence-electron chi connectivity index (χ3n) is 4.37. The number of carbonyl (C=O) groups excluding carboxylic acids is 1. The van der Waals surface area contributed by atoms with Gasteiger partial charge < -0.3 is 19.2 Å². The SMILES string of the molecule is COc1ccccc1N1C(=O)/C(=C\c2ccc(COc3ccc(F)cc3)o2)NC1=S. The van der Waals surface area contributed by atoms with Crippen LogP contribution in [0, 0.1) is 5.82 Å². The van der Waals surface area contributed by atoms with Gasteiger partial charge in [0.25, 0.3) is 5.91 Å². The molecule has 1 aliphatic heterocycles. The molecule has 0 spiro atoms. The summed E-state index contributed by atoms with van der Waals surface area (Å²) in [6.45, 7) is 0.169. The van der Waals surface area contributed by atoms with Gasteiger partial charge in [-0.2, -0.15) is 0 Å². The molecule has 1 N–H and O–H groups in total. The predicted octanol–water partition coefficient (Wildman–Crippen LogP) is 4.27. The lowest BCUT2D eigenvalue weighted by Crippen LogP contribution is -2.30. The smallest absolute Gasteiger partial charge is 0.281 e. The molecular formula is C22H17FN2O4S. The average molecular weight is 424 g/mol. The Labute approximate surface area is 177 Å². The molecule has 0 unspecified atom stereocenters. The van der Waals surface area contributed by atoms with E-state index in [1.165, 1.54) is 36.3 Å². The summed E-state index contributed by atoms with van der Waals surface area (Å²) in [5.41, 5.74) is 0.838. The van der Waals surface area contributed by atoms with Crippen LogP contribution in [0.3, 0.4) is 0 Å². The number of amides is 1. The summed E-state index contributed by atoms with van der Waals surface area (Å²) in [6, 6.07) is 16.3. The number of thiocarbonyl (C=S) groups is 1. The number of nitrogens with one attached hydrogen (secondary N) is 1. The largest absolute Gasteiger partial charge is 0.495 e. The van der Waals surface area contributed by atoms with Crippen LogP contribution in [0.15, 0.2) is 70.8 Å². The van der Waals surface area contributed by atoms with Gasteiger partial charge in [0.05, 0.1) is 12.8 Å². The minimum absolute atomic E-state index is 0.169. The second-order valence-corrected chi connectivity index (χ2v) is 6.73. The second-order valence-electron chi connectivity index (χ2n) is 6.35. The van der Waals surface area contributed by atoms with Crippen LogP contribution >= 0.6 is 12.2 Å². The molecule has 1 aromatic heterocycles. The highest BCUT2D eigenvalue weighted by Gasteiger charge is 2.33. The van der Waals surface area contributed by atoms with Gasteiger partial charge in [-0.25, -0.2) is 9.29 Å². The summed E-state index contributed by atoms with van der Waals surface area (Å²) < 4.78 is 29.5. The molecule has 1 saturated heterocycles. The van der Waals surface area contributed by atoms with E-state index in [-0.39, 0.29) is 29.1 Å². The molecule has 1 aliphatic rings. The zero-order chi connectivity index (χ0) is 21.1. The maximum absolute atomic E-state index is 13.0. The lowest BCUT2D eigenvalue weighted by Gasteiger charge is -2.17. The summed E-state index contributed by atoms with van der Waals surface area (Å²) in [7, 11) is 1.53. The number of rotatable bonds is 6. The third-order valence-corrected chi connectivity index (χ3v) is 4.65. The normalized spacial score (nSPS) is 14.9. The van der Waals surface area contributed by atoms with Crippen molar-refractivity contribution in [1.82, 2.24) is 5.32 Å². The standard InChI is InChI=1S/C22H17FN2O4S/c1-27-20-5-3-2-4-19(20)25-21(26)18(24-22(25)30)12-16-10-11-17(29-16)13-28-15-8-6-14(23)7-9-15/h2-12H,13H2,1H3,(H,24,30)/b18-12+. The zero-order valence-electron chi connectivity index (χ0n) is 15.9. The number of halogens is 1. The van der Waals surface area contributed by atoms with E-state index in [2.05, 4.69) is 5.32 Å². The van der Waals surface area contributed by atoms with Crippen LogP contribution in [0.2, 0.25) is 0 Å². The first kappa shape index (κ1) is 19.7. The van der Waals surface area contributed by atoms with Gasteiger partial charge in [-0.05, 0) is 60.7 Å². The molecule has 152 valence electrons. The minimum atomic E-state index is -0.330. The lowest BCUT2D eigenvalue weighted by molar-refractivity contribution is -0.113. The van der Waals surface area contributed by atoms with Crippen molar-refractivity contribution in [3.05, 3.63) is 83.7 Å². The first-order valence-electron chi connectivity index (χ1n) is 9.02. The van der Waals surface area contributed by atoms with Crippen LogP contribution in [0.25, 0.3) is 6.08 Å². The number of carbonyl (C=O) groups is 1. The monoisotopic (exact) mass is 424 g/mol. The molecule has 1 amide bonds. The molecule has 0 atom stereocenters. The molecule has 0 saturated carbocycles. The number of para-hydroxylation sites is 2. The van der Waals surface area contributed by atoms with E-state index in [0.717, 1.165) is 0 Å². The van der Waals surface area contributed by atoms with Gasteiger partial charge in [0, 0.05) is 6.08 Å². The van der Waals surface area contributed by atoms with Crippen LogP contribution in [-0.4, -0.2) is 18.1 Å². The van der Waals surface area contributed by atoms with Crippen molar-refractivity contribution < 1.29 is 23.1 Å². The van der Waals surface area contributed by atoms with Gasteiger partial charge in [-0.1, -0.05) is 12.1 Å². The van der Waals surface area contributed by atoms with Gasteiger partial charge in [0.2, 0.25) is 0 Å². The van der Waals surface area contributed by atoms with Crippen molar-refractivity contribution >= 4 is 35.0 Å². The molecule has 2 heterocycles. The number of furan rings is 1. The van der Waals surface area contributed by atoms with Crippen LogP contribution in [0.1, 0.15) is 11.5 Å². The highest BCUT2D eigenvalue weighted by molar-refractivity contribution is 7.80. The number of hydrogen-bond acceptors (Lipinski definition) is 5. The van der Waals surface area contributed by atoms with E-state index in [4.69, 9.17) is 26.1 Å². The van der Waals surface area contributed by atoms with Crippen molar-refractivity contribution in [2.75, 3.05) is 12.0 Å². The summed E-state index contributed by atoms with van der Waals surface area (Å²) in [6.07, 6.45) is 1.57. The molecule has 0 aliphatic carbocycles. The van der Waals surface area contributed by atoms with E-state index in [1.807, 2.05) is 6.07 Å². The van der Waals surface area contributed by atoms with Gasteiger partial charge in [-0.3, -0.25) is 4.79 Å². The van der Waals surface area contributed by atoms with Crippen LogP contribution in [0.4, 0.5) is 10.1 Å². The molecule has 0 bridgehead atoms. The number of nitrogens with zero attached hydrogens (tertiary/aromatic N) is 1. The Bertz CT molecular complexity index is 1120. The van der Waals surface area contributed by atoms with Crippen molar-refractivity contribution in [3.8, 4) is 11.5 Å². The predicted molar refractivity (Wildman–Crippen MR) is 114 cm³/mol. The fraction of sp³-hybridized carbons (Fsp3) is 0.0909. The third kappa shape index (κ3) is 4.04. The summed E-state index contributed by atoms with van der Waals surface area (Å²) >= 11 is 5.33. The Balaban J connectivity index is 1.48. The highest BCUT2D eigenvalue weighted by atomic mass is 32.1. The zero-order valence-corrected chi connectivity index (χ0v) is 16.7. The molecule has 3 aromatic rings. The number of hydrogen-bond donors (Lipinski definition) is 1. The van der Waals surface area contributed by atoms with E-state index < -0.39 is 0 Å². The number of anilines is 1. The fourth-order valence-electron chi connectivity index (χ4n) is 2.95. The summed E-state index contributed by atoms with van der Waals surface area (Å²) in [5, 5.41) is 3.16. The van der Waals surface area contributed by atoms with E-state index in [0.29, 0.717) is 28.7 Å². The maximum atomic E-state index is 13.0. The van der Waals surface area contributed by atoms with Gasteiger partial charge in [-0.15, -0.1) is 0 Å². The topological polar surface area (TPSA) is 63.9 Å². The van der Waals surface area contributed by atoms with Crippen LogP contribution < -0.4 is 19.7 Å². The van der Waals surface area contributed by atoms with Gasteiger partial charge in [0.15, 0.2) is 5.11 Å². The Kier molecular flexibility index (Phi) is 5.49. The Hall–Kier alpha value is -3.65. The van der Waals surface area contributed by atoms with Crippen molar-refractivity contribution in [3.63, 3.8) is 0 Å². The molecule has 4 rings (SSSR count). The van der Waals surface area contributed by atoms with Gasteiger partial charge >= 0.3 is 0 Å². The highest BCUT2D eigenvalue weighted by Crippen LogP contribution is 2.31. The molecule has 6 nitrogen and oxygen atoms in total. The average Bonchev–Trinajstić information content (AvgIpc) is 3.31. The van der Waals surface area contributed by atoms with Crippen LogP contribution in [0.5, 0.6) is 11.5 Å². The van der Waals surface area contributed by atoms with Crippen LogP contribution in [-0.2, 0) is 11.4 Å². The van der Waals surface area contributed by atoms with Crippen molar-refractivity contribution in [1.29, 1.82) is 0 Å². The fourth-order valence-corrected chi connectivity index (χ4v) is 3.24. The number of benzene rings is 2. The second kappa shape index (κ2) is 8.38. The number of ether oxygens (including phenoxy) is 2. The van der Waals surface area contributed by atoms with E-state index >= 15 is 0 Å². The van der Waals surface area contributed by atoms with E-state index in [9.17, 15) is 9.18 Å². The summed E-state index contributed by atoms with van der Waals surface area (Å²) in [5.74, 6) is 1.44. The molecule has 30 heavy (non-hydrogen) atoms. The van der Waals surface area contributed by atoms with Crippen molar-refractivity contribution in [2.45, 2.75) is 6.61 Å². The molecule has 1 fully saturated rings.